The van der Waals surface area contributed by atoms with Gasteiger partial charge >= 0.3 is 0 Å². The molecule has 0 bridgehead atoms. The topological polar surface area (TPSA) is 83.5 Å². The Bertz CT molecular complexity index is 271. The Morgan fingerprint density at radius 3 is 2.75 bits per heavy atom. The van der Waals surface area contributed by atoms with E-state index in [9.17, 15) is 13.2 Å². The van der Waals surface area contributed by atoms with Crippen LogP contribution in [0.5, 0.6) is 0 Å². The second kappa shape index (κ2) is 3.40. The van der Waals surface area contributed by atoms with E-state index in [2.05, 4.69) is 5.32 Å². The molecule has 0 saturated carbocycles. The molecule has 0 aromatic rings. The van der Waals surface area contributed by atoms with Crippen LogP contribution in [0.3, 0.4) is 0 Å². The second-order valence-electron chi connectivity index (χ2n) is 2.83. The van der Waals surface area contributed by atoms with Crippen LogP contribution in [0, 0.1) is 0 Å². The molecule has 1 rings (SSSR count). The first-order valence-electron chi connectivity index (χ1n) is 3.73. The van der Waals surface area contributed by atoms with Crippen molar-refractivity contribution in [1.29, 1.82) is 0 Å². The molecule has 12 heavy (non-hydrogen) atoms. The molecule has 0 aromatic carbocycles. The van der Waals surface area contributed by atoms with Gasteiger partial charge in [0.15, 0.2) is 0 Å². The van der Waals surface area contributed by atoms with Crippen LogP contribution in [-0.4, -0.2) is 30.7 Å². The third-order valence-corrected chi connectivity index (χ3v) is 3.12. The van der Waals surface area contributed by atoms with Gasteiger partial charge in [0.1, 0.15) is 5.25 Å². The molecule has 0 radical (unpaired) electrons. The molecule has 0 aromatic heterocycles. The highest BCUT2D eigenvalue weighted by atomic mass is 32.2. The first-order chi connectivity index (χ1) is 5.50. The van der Waals surface area contributed by atoms with Crippen LogP contribution in [0.2, 0.25) is 0 Å². The Morgan fingerprint density at radius 1 is 1.50 bits per heavy atom. The number of amides is 1. The number of hydrogen-bond acceptors (Lipinski definition) is 3. The third kappa shape index (κ3) is 2.46. The summed E-state index contributed by atoms with van der Waals surface area (Å²) in [7, 11) is -3.99. The minimum absolute atomic E-state index is 0.0255. The third-order valence-electron chi connectivity index (χ3n) is 1.88. The van der Waals surface area contributed by atoms with Gasteiger partial charge in [0.25, 0.3) is 10.1 Å². The lowest BCUT2D eigenvalue weighted by Gasteiger charge is -2.08. The largest absolute Gasteiger partial charge is 0.355 e. The summed E-state index contributed by atoms with van der Waals surface area (Å²) in [6.45, 7) is 0.0255. The van der Waals surface area contributed by atoms with Gasteiger partial charge in [0, 0.05) is 13.0 Å². The quantitative estimate of drug-likeness (QED) is 0.552. The zero-order chi connectivity index (χ0) is 9.19. The van der Waals surface area contributed by atoms with Crippen molar-refractivity contribution in [2.24, 2.45) is 0 Å². The summed E-state index contributed by atoms with van der Waals surface area (Å²) < 4.78 is 30.0. The fraction of sp³-hybridized carbons (Fsp3) is 0.833. The molecule has 1 heterocycles. The number of carbonyl (C=O) groups excluding carboxylic acids is 1. The van der Waals surface area contributed by atoms with E-state index in [1.54, 1.807) is 0 Å². The SMILES string of the molecule is O=C1CCCC(S(=O)(=O)O)CN1. The summed E-state index contributed by atoms with van der Waals surface area (Å²) in [5.41, 5.74) is 0. The van der Waals surface area contributed by atoms with E-state index in [1.165, 1.54) is 0 Å². The summed E-state index contributed by atoms with van der Waals surface area (Å²) in [6, 6.07) is 0. The maximum Gasteiger partial charge on any atom is 0.269 e. The highest BCUT2D eigenvalue weighted by molar-refractivity contribution is 7.86. The van der Waals surface area contributed by atoms with E-state index in [-0.39, 0.29) is 12.5 Å². The van der Waals surface area contributed by atoms with Crippen LogP contribution in [0.15, 0.2) is 0 Å². The van der Waals surface area contributed by atoms with Crippen molar-refractivity contribution in [3.05, 3.63) is 0 Å². The normalized spacial score (nSPS) is 26.1. The summed E-state index contributed by atoms with van der Waals surface area (Å²) >= 11 is 0. The molecule has 1 aliphatic heterocycles. The van der Waals surface area contributed by atoms with Gasteiger partial charge in [-0.05, 0) is 12.8 Å². The zero-order valence-electron chi connectivity index (χ0n) is 6.49. The minimum atomic E-state index is -3.99. The average Bonchev–Trinajstić information content (AvgIpc) is 2.11. The smallest absolute Gasteiger partial charge is 0.269 e. The van der Waals surface area contributed by atoms with Crippen molar-refractivity contribution in [2.75, 3.05) is 6.54 Å². The highest BCUT2D eigenvalue weighted by Crippen LogP contribution is 2.11. The molecular weight excluding hydrogens is 182 g/mol. The summed E-state index contributed by atoms with van der Waals surface area (Å²) in [4.78, 5) is 10.8. The number of nitrogens with one attached hydrogen (secondary N) is 1. The van der Waals surface area contributed by atoms with Gasteiger partial charge in [-0.1, -0.05) is 0 Å². The Labute approximate surface area is 70.9 Å². The molecule has 1 amide bonds. The van der Waals surface area contributed by atoms with Crippen LogP contribution in [0.4, 0.5) is 0 Å². The first-order valence-corrected chi connectivity index (χ1v) is 5.23. The van der Waals surface area contributed by atoms with Crippen LogP contribution >= 0.6 is 0 Å². The Balaban J connectivity index is 2.64. The Morgan fingerprint density at radius 2 is 2.17 bits per heavy atom. The standard InChI is InChI=1S/C6H11NO4S/c8-6-3-1-2-5(4-7-6)12(9,10)11/h5H,1-4H2,(H,7,8)(H,9,10,11). The van der Waals surface area contributed by atoms with Gasteiger partial charge < -0.3 is 5.32 Å². The van der Waals surface area contributed by atoms with E-state index >= 15 is 0 Å². The Kier molecular flexibility index (Phi) is 2.69. The van der Waals surface area contributed by atoms with Gasteiger partial charge in [-0.25, -0.2) is 0 Å². The summed E-state index contributed by atoms with van der Waals surface area (Å²) in [5, 5.41) is 1.59. The van der Waals surface area contributed by atoms with Crippen LogP contribution in [0.1, 0.15) is 19.3 Å². The number of hydrogen-bond donors (Lipinski definition) is 2. The predicted molar refractivity (Wildman–Crippen MR) is 42.2 cm³/mol. The van der Waals surface area contributed by atoms with Crippen molar-refractivity contribution in [1.82, 2.24) is 5.32 Å². The molecule has 0 aliphatic carbocycles. The van der Waals surface area contributed by atoms with Crippen LogP contribution < -0.4 is 5.32 Å². The van der Waals surface area contributed by atoms with Gasteiger partial charge in [-0.3, -0.25) is 9.35 Å². The maximum absolute atomic E-state index is 10.8. The lowest BCUT2D eigenvalue weighted by atomic mass is 10.2. The highest BCUT2D eigenvalue weighted by Gasteiger charge is 2.25. The summed E-state index contributed by atoms with van der Waals surface area (Å²) in [6.07, 6.45) is 1.19. The second-order valence-corrected chi connectivity index (χ2v) is 4.53. The Hall–Kier alpha value is -0.620. The van der Waals surface area contributed by atoms with Gasteiger partial charge in [-0.15, -0.1) is 0 Å². The monoisotopic (exact) mass is 193 g/mol. The van der Waals surface area contributed by atoms with Crippen LogP contribution in [0.25, 0.3) is 0 Å². The molecule has 1 aliphatic rings. The molecule has 6 heteroatoms. The van der Waals surface area contributed by atoms with E-state index in [0.717, 1.165) is 0 Å². The molecule has 1 saturated heterocycles. The van der Waals surface area contributed by atoms with Gasteiger partial charge in [0.2, 0.25) is 5.91 Å². The number of rotatable bonds is 1. The fourth-order valence-electron chi connectivity index (χ4n) is 1.16. The minimum Gasteiger partial charge on any atom is -0.355 e. The van der Waals surface area contributed by atoms with Crippen molar-refractivity contribution >= 4 is 16.0 Å². The first kappa shape index (κ1) is 9.47. The van der Waals surface area contributed by atoms with Gasteiger partial charge in [0.05, 0.1) is 0 Å². The van der Waals surface area contributed by atoms with E-state index < -0.39 is 15.4 Å². The van der Waals surface area contributed by atoms with E-state index in [4.69, 9.17) is 4.55 Å². The maximum atomic E-state index is 10.8. The average molecular weight is 193 g/mol. The van der Waals surface area contributed by atoms with E-state index in [1.807, 2.05) is 0 Å². The lowest BCUT2D eigenvalue weighted by molar-refractivity contribution is -0.120. The zero-order valence-corrected chi connectivity index (χ0v) is 7.30. The van der Waals surface area contributed by atoms with Gasteiger partial charge in [-0.2, -0.15) is 8.42 Å². The van der Waals surface area contributed by atoms with Crippen molar-refractivity contribution in [3.63, 3.8) is 0 Å². The lowest BCUT2D eigenvalue weighted by Crippen LogP contribution is -2.33. The molecule has 5 nitrogen and oxygen atoms in total. The molecule has 70 valence electrons. The molecule has 0 spiro atoms. The fourth-order valence-corrected chi connectivity index (χ4v) is 1.92. The van der Waals surface area contributed by atoms with Crippen molar-refractivity contribution in [2.45, 2.75) is 24.5 Å². The predicted octanol–water partition coefficient (Wildman–Crippen LogP) is -0.457. The van der Waals surface area contributed by atoms with E-state index in [0.29, 0.717) is 19.3 Å². The molecule has 2 N–H and O–H groups in total. The molecule has 1 fully saturated rings. The number of carbonyl (C=O) groups is 1. The van der Waals surface area contributed by atoms with Crippen LogP contribution in [-0.2, 0) is 14.9 Å². The van der Waals surface area contributed by atoms with Crippen molar-refractivity contribution in [3.8, 4) is 0 Å². The molecular formula is C6H11NO4S. The van der Waals surface area contributed by atoms with Crippen molar-refractivity contribution < 1.29 is 17.8 Å². The molecule has 1 unspecified atom stereocenters. The summed E-state index contributed by atoms with van der Waals surface area (Å²) in [5.74, 6) is -0.152. The molecule has 1 atom stereocenters.